The van der Waals surface area contributed by atoms with Crippen LogP contribution >= 0.6 is 11.6 Å². The minimum atomic E-state index is -0.250. The van der Waals surface area contributed by atoms with Crippen molar-refractivity contribution in [3.8, 4) is 11.1 Å². The SMILES string of the molecule is O=C(c1ccc(Cl)cc1)C1CCCCN1Cc1cc(-c2ccc(F)cc2)ccn1. The van der Waals surface area contributed by atoms with Crippen LogP contribution in [0.15, 0.2) is 66.9 Å². The summed E-state index contributed by atoms with van der Waals surface area (Å²) in [4.78, 5) is 19.8. The number of hydrogen-bond donors (Lipinski definition) is 0. The van der Waals surface area contributed by atoms with Crippen LogP contribution in [0.5, 0.6) is 0 Å². The third-order valence-corrected chi connectivity index (χ3v) is 5.66. The number of rotatable bonds is 5. The summed E-state index contributed by atoms with van der Waals surface area (Å²) in [7, 11) is 0. The molecule has 0 spiro atoms. The van der Waals surface area contributed by atoms with Crippen molar-refractivity contribution in [2.75, 3.05) is 6.54 Å². The quantitative estimate of drug-likeness (QED) is 0.502. The second-order valence-corrected chi connectivity index (χ2v) is 7.83. The van der Waals surface area contributed by atoms with Crippen molar-refractivity contribution < 1.29 is 9.18 Å². The van der Waals surface area contributed by atoms with Crippen molar-refractivity contribution in [3.63, 3.8) is 0 Å². The van der Waals surface area contributed by atoms with Crippen LogP contribution in [0.1, 0.15) is 35.3 Å². The Morgan fingerprint density at radius 3 is 2.55 bits per heavy atom. The Hall–Kier alpha value is -2.56. The fourth-order valence-corrected chi connectivity index (χ4v) is 4.00. The van der Waals surface area contributed by atoms with Gasteiger partial charge in [-0.3, -0.25) is 14.7 Å². The number of pyridine rings is 1. The summed E-state index contributed by atoms with van der Waals surface area (Å²) < 4.78 is 13.2. The Morgan fingerprint density at radius 2 is 1.79 bits per heavy atom. The lowest BCUT2D eigenvalue weighted by molar-refractivity contribution is 0.0726. The maximum Gasteiger partial charge on any atom is 0.179 e. The van der Waals surface area contributed by atoms with E-state index >= 15 is 0 Å². The maximum atomic E-state index is 13.2. The number of piperidine rings is 1. The molecule has 148 valence electrons. The second-order valence-electron chi connectivity index (χ2n) is 7.40. The van der Waals surface area contributed by atoms with E-state index in [4.69, 9.17) is 11.6 Å². The molecule has 1 aliphatic rings. The molecular weight excluding hydrogens is 387 g/mol. The third-order valence-electron chi connectivity index (χ3n) is 5.40. The molecule has 0 bridgehead atoms. The van der Waals surface area contributed by atoms with Gasteiger partial charge in [0.15, 0.2) is 5.78 Å². The lowest BCUT2D eigenvalue weighted by Gasteiger charge is -2.34. The van der Waals surface area contributed by atoms with E-state index in [0.717, 1.165) is 42.6 Å². The summed E-state index contributed by atoms with van der Waals surface area (Å²) in [5, 5.41) is 0.629. The van der Waals surface area contributed by atoms with E-state index in [0.29, 0.717) is 17.1 Å². The summed E-state index contributed by atoms with van der Waals surface area (Å²) in [6.07, 6.45) is 4.73. The highest BCUT2D eigenvalue weighted by Gasteiger charge is 2.29. The Bertz CT molecular complexity index is 989. The first-order chi connectivity index (χ1) is 14.1. The number of aromatic nitrogens is 1. The predicted octanol–water partition coefficient (Wildman–Crippen LogP) is 5.78. The molecule has 1 aliphatic heterocycles. The number of carbonyl (C=O) groups is 1. The summed E-state index contributed by atoms with van der Waals surface area (Å²) in [5.41, 5.74) is 3.54. The van der Waals surface area contributed by atoms with Gasteiger partial charge in [-0.15, -0.1) is 0 Å². The van der Waals surface area contributed by atoms with Crippen LogP contribution < -0.4 is 0 Å². The maximum absolute atomic E-state index is 13.2. The van der Waals surface area contributed by atoms with Gasteiger partial charge in [0, 0.05) is 23.3 Å². The molecule has 2 aromatic carbocycles. The van der Waals surface area contributed by atoms with Crippen LogP contribution in [0.4, 0.5) is 4.39 Å². The van der Waals surface area contributed by atoms with Gasteiger partial charge in [0.1, 0.15) is 5.82 Å². The lowest BCUT2D eigenvalue weighted by atomic mass is 9.94. The first kappa shape index (κ1) is 19.7. The van der Waals surface area contributed by atoms with Gasteiger partial charge in [-0.25, -0.2) is 4.39 Å². The molecule has 1 fully saturated rings. The van der Waals surface area contributed by atoms with Crippen molar-refractivity contribution in [1.82, 2.24) is 9.88 Å². The molecule has 3 nitrogen and oxygen atoms in total. The molecule has 0 saturated carbocycles. The van der Waals surface area contributed by atoms with Crippen molar-refractivity contribution in [2.24, 2.45) is 0 Å². The number of Topliss-reactive ketones (excluding diaryl/α,β-unsaturated/α-hetero) is 1. The highest BCUT2D eigenvalue weighted by atomic mass is 35.5. The summed E-state index contributed by atoms with van der Waals surface area (Å²) in [6.45, 7) is 1.48. The van der Waals surface area contributed by atoms with Crippen LogP contribution in [0, 0.1) is 5.82 Å². The van der Waals surface area contributed by atoms with E-state index in [2.05, 4.69) is 9.88 Å². The minimum absolute atomic E-state index is 0.135. The predicted molar refractivity (Wildman–Crippen MR) is 113 cm³/mol. The lowest BCUT2D eigenvalue weighted by Crippen LogP contribution is -2.44. The molecule has 3 aromatic rings. The van der Waals surface area contributed by atoms with E-state index in [9.17, 15) is 9.18 Å². The van der Waals surface area contributed by atoms with E-state index in [1.165, 1.54) is 12.1 Å². The molecule has 0 aliphatic carbocycles. The number of hydrogen-bond acceptors (Lipinski definition) is 3. The van der Waals surface area contributed by atoms with E-state index < -0.39 is 0 Å². The Balaban J connectivity index is 1.54. The van der Waals surface area contributed by atoms with Crippen molar-refractivity contribution >= 4 is 17.4 Å². The van der Waals surface area contributed by atoms with Crippen molar-refractivity contribution in [1.29, 1.82) is 0 Å². The van der Waals surface area contributed by atoms with Gasteiger partial charge < -0.3 is 0 Å². The molecule has 29 heavy (non-hydrogen) atoms. The monoisotopic (exact) mass is 408 g/mol. The van der Waals surface area contributed by atoms with Crippen molar-refractivity contribution in [3.05, 3.63) is 89.0 Å². The number of carbonyl (C=O) groups excluding carboxylic acids is 1. The number of nitrogens with zero attached hydrogens (tertiary/aromatic N) is 2. The van der Waals surface area contributed by atoms with E-state index in [-0.39, 0.29) is 17.6 Å². The fraction of sp³-hybridized carbons (Fsp3) is 0.250. The van der Waals surface area contributed by atoms with Crippen LogP contribution in [0.25, 0.3) is 11.1 Å². The van der Waals surface area contributed by atoms with E-state index in [1.54, 1.807) is 42.6 Å². The van der Waals surface area contributed by atoms with Crippen LogP contribution in [-0.2, 0) is 6.54 Å². The number of halogens is 2. The molecule has 1 atom stereocenters. The Labute approximate surface area is 175 Å². The van der Waals surface area contributed by atoms with E-state index in [1.807, 2.05) is 12.1 Å². The minimum Gasteiger partial charge on any atom is -0.292 e. The zero-order valence-corrected chi connectivity index (χ0v) is 16.8. The topological polar surface area (TPSA) is 33.2 Å². The highest BCUT2D eigenvalue weighted by molar-refractivity contribution is 6.30. The average Bonchev–Trinajstić information content (AvgIpc) is 2.75. The fourth-order valence-electron chi connectivity index (χ4n) is 3.88. The summed E-state index contributed by atoms with van der Waals surface area (Å²) in [5.74, 6) is -0.115. The largest absolute Gasteiger partial charge is 0.292 e. The molecular formula is C24H22ClFN2O. The highest BCUT2D eigenvalue weighted by Crippen LogP contribution is 2.25. The Morgan fingerprint density at radius 1 is 1.03 bits per heavy atom. The summed E-state index contributed by atoms with van der Waals surface area (Å²) >= 11 is 5.96. The molecule has 2 heterocycles. The van der Waals surface area contributed by atoms with Crippen molar-refractivity contribution in [2.45, 2.75) is 31.8 Å². The first-order valence-corrected chi connectivity index (χ1v) is 10.2. The van der Waals surface area contributed by atoms with Crippen LogP contribution in [0.2, 0.25) is 5.02 Å². The molecule has 1 saturated heterocycles. The number of likely N-dealkylation sites (tertiary alicyclic amines) is 1. The normalized spacial score (nSPS) is 17.2. The Kier molecular flexibility index (Phi) is 6.02. The van der Waals surface area contributed by atoms with Gasteiger partial charge in [-0.1, -0.05) is 30.2 Å². The zero-order valence-electron chi connectivity index (χ0n) is 16.0. The van der Waals surface area contributed by atoms with Gasteiger partial charge in [-0.05, 0) is 79.0 Å². The number of benzene rings is 2. The zero-order chi connectivity index (χ0) is 20.2. The van der Waals surface area contributed by atoms with Gasteiger partial charge in [0.25, 0.3) is 0 Å². The average molecular weight is 409 g/mol. The molecule has 5 heteroatoms. The molecule has 0 amide bonds. The van der Waals surface area contributed by atoms with Gasteiger partial charge in [0.05, 0.1) is 11.7 Å². The molecule has 1 aromatic heterocycles. The molecule has 0 radical (unpaired) electrons. The first-order valence-electron chi connectivity index (χ1n) is 9.85. The molecule has 4 rings (SSSR count). The standard InChI is InChI=1S/C24H22ClFN2O/c25-20-8-4-18(5-9-20)24(29)23-3-1-2-14-28(23)16-22-15-19(12-13-27-22)17-6-10-21(26)11-7-17/h4-13,15,23H,1-3,14,16H2. The third kappa shape index (κ3) is 4.72. The number of ketones is 1. The van der Waals surface area contributed by atoms with Crippen LogP contribution in [-0.4, -0.2) is 28.3 Å². The molecule has 0 N–H and O–H groups in total. The summed E-state index contributed by atoms with van der Waals surface area (Å²) in [6, 6.07) is 17.4. The smallest absolute Gasteiger partial charge is 0.179 e. The van der Waals surface area contributed by atoms with Gasteiger partial charge >= 0.3 is 0 Å². The van der Waals surface area contributed by atoms with Crippen LogP contribution in [0.3, 0.4) is 0 Å². The second kappa shape index (κ2) is 8.85. The van der Waals surface area contributed by atoms with Gasteiger partial charge in [-0.2, -0.15) is 0 Å². The van der Waals surface area contributed by atoms with Gasteiger partial charge in [0.2, 0.25) is 0 Å². The molecule has 1 unspecified atom stereocenters.